The number of nitrogens with two attached hydrogens (primary N) is 1. The molecule has 0 aliphatic carbocycles. The van der Waals surface area contributed by atoms with E-state index in [0.29, 0.717) is 16.2 Å². The average molecular weight is 301 g/mol. The lowest BCUT2D eigenvalue weighted by Crippen LogP contribution is -2.14. The molecule has 0 fully saturated rings. The van der Waals surface area contributed by atoms with Gasteiger partial charge in [0.05, 0.1) is 11.3 Å². The van der Waals surface area contributed by atoms with Crippen molar-refractivity contribution in [2.45, 2.75) is 11.8 Å². The summed E-state index contributed by atoms with van der Waals surface area (Å²) in [6, 6.07) is 14.2. The zero-order valence-electron chi connectivity index (χ0n) is 11.5. The molecule has 2 N–H and O–H groups in total. The zero-order chi connectivity index (χ0) is 15.2. The first kappa shape index (κ1) is 15.1. The van der Waals surface area contributed by atoms with Crippen LogP contribution in [0.3, 0.4) is 0 Å². The SMILES string of the molecule is Cc1ccc(OC(=O)c2ccccc2SCC(N)=O)cc1. The van der Waals surface area contributed by atoms with Gasteiger partial charge in [-0.05, 0) is 31.2 Å². The predicted octanol–water partition coefficient (Wildman–Crippen LogP) is 2.79. The molecular weight excluding hydrogens is 286 g/mol. The van der Waals surface area contributed by atoms with Gasteiger partial charge >= 0.3 is 5.97 Å². The van der Waals surface area contributed by atoms with Crippen LogP contribution in [0.1, 0.15) is 15.9 Å². The number of hydrogen-bond donors (Lipinski definition) is 1. The molecule has 0 spiro atoms. The Balaban J connectivity index is 2.14. The van der Waals surface area contributed by atoms with E-state index in [2.05, 4.69) is 0 Å². The first-order valence-electron chi connectivity index (χ1n) is 6.35. The van der Waals surface area contributed by atoms with E-state index in [0.717, 1.165) is 5.56 Å². The van der Waals surface area contributed by atoms with Crippen LogP contribution in [0, 0.1) is 6.92 Å². The van der Waals surface area contributed by atoms with Crippen LogP contribution in [-0.4, -0.2) is 17.6 Å². The molecule has 0 aromatic heterocycles. The van der Waals surface area contributed by atoms with Gasteiger partial charge in [-0.25, -0.2) is 4.79 Å². The second-order valence-electron chi connectivity index (χ2n) is 4.45. The van der Waals surface area contributed by atoms with E-state index in [1.165, 1.54) is 11.8 Å². The van der Waals surface area contributed by atoms with Crippen molar-refractivity contribution in [1.82, 2.24) is 0 Å². The second-order valence-corrected chi connectivity index (χ2v) is 5.47. The molecule has 0 saturated heterocycles. The van der Waals surface area contributed by atoms with Crippen molar-refractivity contribution in [3.8, 4) is 5.75 Å². The number of carbonyl (C=O) groups is 2. The summed E-state index contributed by atoms with van der Waals surface area (Å²) in [7, 11) is 0. The number of amides is 1. The largest absolute Gasteiger partial charge is 0.423 e. The van der Waals surface area contributed by atoms with Crippen LogP contribution in [0.2, 0.25) is 0 Å². The predicted molar refractivity (Wildman–Crippen MR) is 82.5 cm³/mol. The number of aryl methyl sites for hydroxylation is 1. The standard InChI is InChI=1S/C16H15NO3S/c1-11-6-8-12(9-7-11)20-16(19)13-4-2-3-5-14(13)21-10-15(17)18/h2-9H,10H2,1H3,(H2,17,18). The minimum Gasteiger partial charge on any atom is -0.423 e. The van der Waals surface area contributed by atoms with Crippen LogP contribution < -0.4 is 10.5 Å². The fourth-order valence-electron chi connectivity index (χ4n) is 1.68. The maximum absolute atomic E-state index is 12.2. The third kappa shape index (κ3) is 4.36. The molecule has 0 bridgehead atoms. The molecule has 0 aliphatic rings. The number of hydrogen-bond acceptors (Lipinski definition) is 4. The summed E-state index contributed by atoms with van der Waals surface area (Å²) >= 11 is 1.22. The van der Waals surface area contributed by atoms with Gasteiger partial charge in [-0.3, -0.25) is 4.79 Å². The van der Waals surface area contributed by atoms with Crippen LogP contribution in [-0.2, 0) is 4.79 Å². The van der Waals surface area contributed by atoms with Crippen LogP contribution in [0.5, 0.6) is 5.75 Å². The molecule has 0 radical (unpaired) electrons. The Morgan fingerprint density at radius 2 is 1.76 bits per heavy atom. The summed E-state index contributed by atoms with van der Waals surface area (Å²) in [5.74, 6) is -0.275. The lowest BCUT2D eigenvalue weighted by Gasteiger charge is -2.08. The zero-order valence-corrected chi connectivity index (χ0v) is 12.4. The summed E-state index contributed by atoms with van der Waals surface area (Å²) in [6.07, 6.45) is 0. The highest BCUT2D eigenvalue weighted by Gasteiger charge is 2.14. The smallest absolute Gasteiger partial charge is 0.344 e. The van der Waals surface area contributed by atoms with E-state index < -0.39 is 11.9 Å². The van der Waals surface area contributed by atoms with Gasteiger partial charge < -0.3 is 10.5 Å². The molecular formula is C16H15NO3S. The topological polar surface area (TPSA) is 69.4 Å². The molecule has 0 atom stereocenters. The number of thioether (sulfide) groups is 1. The summed E-state index contributed by atoms with van der Waals surface area (Å²) < 4.78 is 5.33. The van der Waals surface area contributed by atoms with Crippen LogP contribution in [0.25, 0.3) is 0 Å². The first-order valence-corrected chi connectivity index (χ1v) is 7.34. The minimum absolute atomic E-state index is 0.120. The normalized spacial score (nSPS) is 10.1. The molecule has 5 heteroatoms. The third-order valence-corrected chi connectivity index (χ3v) is 3.80. The summed E-state index contributed by atoms with van der Waals surface area (Å²) in [5.41, 5.74) is 6.64. The molecule has 21 heavy (non-hydrogen) atoms. The molecule has 0 aliphatic heterocycles. The molecule has 108 valence electrons. The number of benzene rings is 2. The van der Waals surface area contributed by atoms with Gasteiger partial charge in [0.2, 0.25) is 5.91 Å². The Morgan fingerprint density at radius 3 is 2.43 bits per heavy atom. The first-order chi connectivity index (χ1) is 10.1. The molecule has 4 nitrogen and oxygen atoms in total. The van der Waals surface area contributed by atoms with Gasteiger partial charge in [0.25, 0.3) is 0 Å². The van der Waals surface area contributed by atoms with Crippen molar-refractivity contribution in [2.24, 2.45) is 5.73 Å². The van der Waals surface area contributed by atoms with Gasteiger partial charge in [-0.2, -0.15) is 0 Å². The molecule has 0 heterocycles. The van der Waals surface area contributed by atoms with Crippen LogP contribution in [0.15, 0.2) is 53.4 Å². The van der Waals surface area contributed by atoms with E-state index >= 15 is 0 Å². The maximum Gasteiger partial charge on any atom is 0.344 e. The maximum atomic E-state index is 12.2. The Hall–Kier alpha value is -2.27. The highest BCUT2D eigenvalue weighted by molar-refractivity contribution is 8.00. The van der Waals surface area contributed by atoms with E-state index in [4.69, 9.17) is 10.5 Å². The van der Waals surface area contributed by atoms with Crippen molar-refractivity contribution < 1.29 is 14.3 Å². The Morgan fingerprint density at radius 1 is 1.10 bits per heavy atom. The van der Waals surface area contributed by atoms with Crippen molar-refractivity contribution in [2.75, 3.05) is 5.75 Å². The van der Waals surface area contributed by atoms with E-state index in [-0.39, 0.29) is 5.75 Å². The van der Waals surface area contributed by atoms with Crippen LogP contribution >= 0.6 is 11.8 Å². The quantitative estimate of drug-likeness (QED) is 0.524. The summed E-state index contributed by atoms with van der Waals surface area (Å²) in [5, 5.41) is 0. The molecule has 1 amide bonds. The molecule has 0 unspecified atom stereocenters. The fraction of sp³-hybridized carbons (Fsp3) is 0.125. The van der Waals surface area contributed by atoms with Crippen molar-refractivity contribution >= 4 is 23.6 Å². The number of carbonyl (C=O) groups excluding carboxylic acids is 2. The Kier molecular flexibility index (Phi) is 5.00. The Labute approximate surface area is 127 Å². The van der Waals surface area contributed by atoms with Crippen molar-refractivity contribution in [1.29, 1.82) is 0 Å². The number of primary amides is 1. The second kappa shape index (κ2) is 6.95. The van der Waals surface area contributed by atoms with Gasteiger partial charge in [0, 0.05) is 4.90 Å². The highest BCUT2D eigenvalue weighted by atomic mass is 32.2. The summed E-state index contributed by atoms with van der Waals surface area (Å²) in [6.45, 7) is 1.96. The summed E-state index contributed by atoms with van der Waals surface area (Å²) in [4.78, 5) is 23.7. The third-order valence-electron chi connectivity index (χ3n) is 2.71. The van der Waals surface area contributed by atoms with Crippen LogP contribution in [0.4, 0.5) is 0 Å². The average Bonchev–Trinajstić information content (AvgIpc) is 2.47. The van der Waals surface area contributed by atoms with Gasteiger partial charge in [0.15, 0.2) is 0 Å². The van der Waals surface area contributed by atoms with E-state index in [9.17, 15) is 9.59 Å². The number of esters is 1. The van der Waals surface area contributed by atoms with Crippen molar-refractivity contribution in [3.63, 3.8) is 0 Å². The molecule has 2 rings (SSSR count). The fourth-order valence-corrected chi connectivity index (χ4v) is 2.46. The van der Waals surface area contributed by atoms with Gasteiger partial charge in [0.1, 0.15) is 5.75 Å². The lowest BCUT2D eigenvalue weighted by molar-refractivity contribution is -0.115. The minimum atomic E-state index is -0.452. The highest BCUT2D eigenvalue weighted by Crippen LogP contribution is 2.24. The van der Waals surface area contributed by atoms with Gasteiger partial charge in [-0.1, -0.05) is 29.8 Å². The monoisotopic (exact) mass is 301 g/mol. The van der Waals surface area contributed by atoms with Gasteiger partial charge in [-0.15, -0.1) is 11.8 Å². The number of ether oxygens (including phenoxy) is 1. The van der Waals surface area contributed by atoms with E-state index in [1.54, 1.807) is 36.4 Å². The van der Waals surface area contributed by atoms with Crippen molar-refractivity contribution in [3.05, 3.63) is 59.7 Å². The molecule has 2 aromatic rings. The molecule has 2 aromatic carbocycles. The molecule has 0 saturated carbocycles. The van der Waals surface area contributed by atoms with E-state index in [1.807, 2.05) is 19.1 Å². The Bertz CT molecular complexity index is 653. The lowest BCUT2D eigenvalue weighted by atomic mass is 10.2. The number of rotatable bonds is 5.